The summed E-state index contributed by atoms with van der Waals surface area (Å²) in [4.78, 5) is 14.6. The van der Waals surface area contributed by atoms with Crippen molar-refractivity contribution in [1.82, 2.24) is 4.90 Å². The van der Waals surface area contributed by atoms with Crippen molar-refractivity contribution in [1.29, 1.82) is 5.26 Å². The van der Waals surface area contributed by atoms with E-state index in [1.54, 1.807) is 12.1 Å². The first-order valence-corrected chi connectivity index (χ1v) is 10.0. The van der Waals surface area contributed by atoms with Crippen molar-refractivity contribution >= 4 is 11.7 Å². The number of nitrogens with zero attached hydrogens (tertiary/aromatic N) is 2. The fraction of sp³-hybridized carbons (Fsp3) is 0.333. The number of hydrogen-bond acceptors (Lipinski definition) is 3. The Kier molecular flexibility index (Phi) is 5.62. The minimum atomic E-state index is -0.304. The van der Waals surface area contributed by atoms with E-state index in [2.05, 4.69) is 0 Å². The van der Waals surface area contributed by atoms with Gasteiger partial charge in [0, 0.05) is 11.6 Å². The van der Waals surface area contributed by atoms with E-state index in [9.17, 15) is 9.18 Å². The molecule has 0 spiro atoms. The summed E-state index contributed by atoms with van der Waals surface area (Å²) in [5.74, 6) is -0.304. The van der Waals surface area contributed by atoms with Crippen molar-refractivity contribution in [2.24, 2.45) is 0 Å². The Morgan fingerprint density at radius 1 is 1.17 bits per heavy atom. The maximum atomic E-state index is 14.6. The molecule has 4 rings (SSSR count). The lowest BCUT2D eigenvalue weighted by atomic mass is 9.83. The number of carbonyl (C=O) groups is 1. The van der Waals surface area contributed by atoms with E-state index in [1.807, 2.05) is 47.4 Å². The number of carbonyl (C=O) groups excluding carboxylic acids is 1. The molecular weight excluding hydrogens is 367 g/mol. The Morgan fingerprint density at radius 3 is 2.72 bits per heavy atom. The van der Waals surface area contributed by atoms with Crippen LogP contribution in [0.1, 0.15) is 42.4 Å². The smallest absolute Gasteiger partial charge is 0.410 e. The zero-order valence-corrected chi connectivity index (χ0v) is 16.2. The summed E-state index contributed by atoms with van der Waals surface area (Å²) in [6.07, 6.45) is 5.32. The van der Waals surface area contributed by atoms with Gasteiger partial charge in [0.1, 0.15) is 12.4 Å². The number of ether oxygens (including phenoxy) is 1. The highest BCUT2D eigenvalue weighted by atomic mass is 19.1. The number of amides is 1. The highest BCUT2D eigenvalue weighted by molar-refractivity contribution is 5.74. The third-order valence-electron chi connectivity index (χ3n) is 5.72. The van der Waals surface area contributed by atoms with E-state index in [1.165, 1.54) is 6.07 Å². The van der Waals surface area contributed by atoms with E-state index in [4.69, 9.17) is 10.00 Å². The van der Waals surface area contributed by atoms with Gasteiger partial charge in [-0.15, -0.1) is 0 Å². The minimum absolute atomic E-state index is 0.0233. The highest BCUT2D eigenvalue weighted by Crippen LogP contribution is 2.38. The Morgan fingerprint density at radius 2 is 2.00 bits per heavy atom. The molecular formula is C24H23FN2O2. The topological polar surface area (TPSA) is 53.3 Å². The standard InChI is InChI=1S/C24H23FN2O2/c25-23-13-17(11-12-26)9-10-22(23)19-14-20-7-4-8-21(15-19)27(20)24(28)29-16-18-5-2-1-3-6-18/h1-3,5-6,9-10,13-14,20-21H,4,7-8,11,15-16H2. The second kappa shape index (κ2) is 8.48. The summed E-state index contributed by atoms with van der Waals surface area (Å²) in [5.41, 5.74) is 3.14. The summed E-state index contributed by atoms with van der Waals surface area (Å²) in [5, 5.41) is 8.80. The molecule has 2 aliphatic rings. The van der Waals surface area contributed by atoms with E-state index >= 15 is 0 Å². The number of benzene rings is 2. The van der Waals surface area contributed by atoms with Crippen LogP contribution in [0.25, 0.3) is 5.57 Å². The Bertz CT molecular complexity index is 965. The van der Waals surface area contributed by atoms with Crippen LogP contribution in [-0.2, 0) is 17.8 Å². The lowest BCUT2D eigenvalue weighted by Crippen LogP contribution is -2.51. The molecule has 0 N–H and O–H groups in total. The molecule has 4 nitrogen and oxygen atoms in total. The lowest BCUT2D eigenvalue weighted by Gasteiger charge is -2.44. The maximum absolute atomic E-state index is 14.6. The van der Waals surface area contributed by atoms with Crippen molar-refractivity contribution in [2.75, 3.05) is 0 Å². The molecule has 5 heteroatoms. The Hall–Kier alpha value is -3.13. The number of halogens is 1. The van der Waals surface area contributed by atoms with Crippen LogP contribution in [0.4, 0.5) is 9.18 Å². The molecule has 2 aromatic rings. The number of piperidine rings is 1. The molecule has 148 valence electrons. The molecule has 1 saturated heterocycles. The largest absolute Gasteiger partial charge is 0.445 e. The van der Waals surface area contributed by atoms with Gasteiger partial charge in [-0.25, -0.2) is 9.18 Å². The van der Waals surface area contributed by atoms with E-state index in [-0.39, 0.29) is 37.0 Å². The van der Waals surface area contributed by atoms with Crippen LogP contribution in [0.2, 0.25) is 0 Å². The van der Waals surface area contributed by atoms with Crippen LogP contribution in [0.15, 0.2) is 54.6 Å². The molecule has 2 atom stereocenters. The quantitative estimate of drug-likeness (QED) is 0.717. The van der Waals surface area contributed by atoms with Crippen molar-refractivity contribution in [2.45, 2.75) is 50.8 Å². The van der Waals surface area contributed by atoms with Gasteiger partial charge in [0.25, 0.3) is 0 Å². The molecule has 2 aliphatic heterocycles. The van der Waals surface area contributed by atoms with E-state index in [0.717, 1.165) is 30.4 Å². The molecule has 1 fully saturated rings. The van der Waals surface area contributed by atoms with Gasteiger partial charge < -0.3 is 4.74 Å². The number of rotatable bonds is 4. The van der Waals surface area contributed by atoms with Gasteiger partial charge in [-0.3, -0.25) is 4.90 Å². The van der Waals surface area contributed by atoms with Crippen LogP contribution in [0.3, 0.4) is 0 Å². The van der Waals surface area contributed by atoms with Gasteiger partial charge in [0.2, 0.25) is 0 Å². The average molecular weight is 390 g/mol. The fourth-order valence-corrected chi connectivity index (χ4v) is 4.33. The normalized spacial score (nSPS) is 20.6. The van der Waals surface area contributed by atoms with Gasteiger partial charge in [0.15, 0.2) is 0 Å². The molecule has 2 bridgehead atoms. The first kappa shape index (κ1) is 19.2. The first-order valence-electron chi connectivity index (χ1n) is 10.0. The van der Waals surface area contributed by atoms with Crippen molar-refractivity contribution in [3.8, 4) is 6.07 Å². The van der Waals surface area contributed by atoms with Crippen molar-refractivity contribution in [3.63, 3.8) is 0 Å². The first-order chi connectivity index (χ1) is 14.2. The number of fused-ring (bicyclic) bond motifs is 2. The fourth-order valence-electron chi connectivity index (χ4n) is 4.33. The molecule has 2 aromatic carbocycles. The molecule has 29 heavy (non-hydrogen) atoms. The SMILES string of the molecule is N#CCc1ccc(C2=CC3CCCC(C2)N3C(=O)OCc2ccccc2)c(F)c1. The average Bonchev–Trinajstić information content (AvgIpc) is 2.72. The highest BCUT2D eigenvalue weighted by Gasteiger charge is 2.38. The Balaban J connectivity index is 1.51. The summed E-state index contributed by atoms with van der Waals surface area (Å²) in [6.45, 7) is 0.251. The molecule has 0 aliphatic carbocycles. The second-order valence-electron chi connectivity index (χ2n) is 7.64. The number of nitriles is 1. The van der Waals surface area contributed by atoms with Gasteiger partial charge >= 0.3 is 6.09 Å². The summed E-state index contributed by atoms with van der Waals surface area (Å²) in [7, 11) is 0. The molecule has 0 saturated carbocycles. The minimum Gasteiger partial charge on any atom is -0.445 e. The molecule has 0 radical (unpaired) electrons. The second-order valence-corrected chi connectivity index (χ2v) is 7.64. The van der Waals surface area contributed by atoms with Gasteiger partial charge in [0.05, 0.1) is 18.5 Å². The monoisotopic (exact) mass is 390 g/mol. The van der Waals surface area contributed by atoms with Crippen LogP contribution in [-0.4, -0.2) is 23.1 Å². The van der Waals surface area contributed by atoms with Gasteiger partial charge in [-0.1, -0.05) is 48.5 Å². The van der Waals surface area contributed by atoms with Crippen LogP contribution < -0.4 is 0 Å². The third kappa shape index (κ3) is 4.17. The summed E-state index contributed by atoms with van der Waals surface area (Å²) >= 11 is 0. The van der Waals surface area contributed by atoms with Crippen molar-refractivity contribution < 1.29 is 13.9 Å². The van der Waals surface area contributed by atoms with Gasteiger partial charge in [-0.2, -0.15) is 5.26 Å². The molecule has 2 heterocycles. The third-order valence-corrected chi connectivity index (χ3v) is 5.72. The predicted octanol–water partition coefficient (Wildman–Crippen LogP) is 5.24. The zero-order valence-electron chi connectivity index (χ0n) is 16.2. The maximum Gasteiger partial charge on any atom is 0.410 e. The van der Waals surface area contributed by atoms with E-state index in [0.29, 0.717) is 17.5 Å². The van der Waals surface area contributed by atoms with Crippen LogP contribution >= 0.6 is 0 Å². The number of hydrogen-bond donors (Lipinski definition) is 0. The zero-order chi connectivity index (χ0) is 20.2. The van der Waals surface area contributed by atoms with Crippen molar-refractivity contribution in [3.05, 3.63) is 77.1 Å². The Labute approximate surface area is 170 Å². The predicted molar refractivity (Wildman–Crippen MR) is 108 cm³/mol. The molecule has 0 aromatic heterocycles. The molecule has 1 amide bonds. The van der Waals surface area contributed by atoms with Gasteiger partial charge in [-0.05, 0) is 48.4 Å². The van der Waals surface area contributed by atoms with E-state index < -0.39 is 0 Å². The lowest BCUT2D eigenvalue weighted by molar-refractivity contribution is 0.0510. The summed E-state index contributed by atoms with van der Waals surface area (Å²) < 4.78 is 20.2. The van der Waals surface area contributed by atoms with Crippen LogP contribution in [0.5, 0.6) is 0 Å². The molecule has 2 unspecified atom stereocenters. The summed E-state index contributed by atoms with van der Waals surface area (Å²) in [6, 6.07) is 16.6. The van der Waals surface area contributed by atoms with Crippen LogP contribution in [0, 0.1) is 17.1 Å².